The molecule has 0 amide bonds. The summed E-state index contributed by atoms with van der Waals surface area (Å²) in [7, 11) is 3.23. The summed E-state index contributed by atoms with van der Waals surface area (Å²) in [5.74, 6) is 1.39. The minimum absolute atomic E-state index is 0.00478. The molecule has 1 heterocycles. The standard InChI is InChI=1S/C27H24Cl2N2O3/c1-33-24-10-7-15(13-25(24)34-2)16-11-22-26(23(32)12-16)27(18-9-8-17(28)14-19(18)29)31-21-6-4-3-5-20(21)30-22/h3-10,13-14,16,27,30-31H,11-12H2,1-2H3. The molecular formula is C27H24Cl2N2O3. The van der Waals surface area contributed by atoms with Crippen LogP contribution in [0.15, 0.2) is 71.9 Å². The van der Waals surface area contributed by atoms with Gasteiger partial charge in [0.2, 0.25) is 0 Å². The first-order valence-corrected chi connectivity index (χ1v) is 11.8. The van der Waals surface area contributed by atoms with E-state index in [-0.39, 0.29) is 11.7 Å². The lowest BCUT2D eigenvalue weighted by Crippen LogP contribution is -2.27. The Hall–Kier alpha value is -3.15. The number of hydrogen-bond donors (Lipinski definition) is 2. The molecule has 0 bridgehead atoms. The lowest BCUT2D eigenvalue weighted by molar-refractivity contribution is -0.116. The first kappa shape index (κ1) is 22.6. The molecule has 5 nitrogen and oxygen atoms in total. The first-order chi connectivity index (χ1) is 16.5. The van der Waals surface area contributed by atoms with E-state index < -0.39 is 6.04 Å². The molecule has 34 heavy (non-hydrogen) atoms. The second-order valence-electron chi connectivity index (χ2n) is 8.45. The van der Waals surface area contributed by atoms with Gasteiger partial charge in [-0.15, -0.1) is 0 Å². The summed E-state index contributed by atoms with van der Waals surface area (Å²) in [5, 5.41) is 8.17. The number of fused-ring (bicyclic) bond motifs is 1. The fourth-order valence-corrected chi connectivity index (χ4v) is 5.32. The third-order valence-electron chi connectivity index (χ3n) is 6.46. The van der Waals surface area contributed by atoms with Gasteiger partial charge in [0.1, 0.15) is 0 Å². The molecule has 3 aromatic carbocycles. The van der Waals surface area contributed by atoms with Crippen LogP contribution in [-0.4, -0.2) is 20.0 Å². The van der Waals surface area contributed by atoms with Crippen LogP contribution in [0.25, 0.3) is 0 Å². The summed E-state index contributed by atoms with van der Waals surface area (Å²) in [5.41, 5.74) is 5.27. The molecule has 2 aliphatic rings. The number of ether oxygens (including phenoxy) is 2. The predicted molar refractivity (Wildman–Crippen MR) is 136 cm³/mol. The number of allylic oxidation sites excluding steroid dienone is 1. The largest absolute Gasteiger partial charge is 0.493 e. The van der Waals surface area contributed by atoms with Gasteiger partial charge in [-0.2, -0.15) is 0 Å². The number of Topliss-reactive ketones (excluding diaryl/α,β-unsaturated/α-hetero) is 1. The Morgan fingerprint density at radius 2 is 1.65 bits per heavy atom. The molecule has 0 spiro atoms. The number of para-hydroxylation sites is 2. The number of benzene rings is 3. The Morgan fingerprint density at radius 3 is 2.38 bits per heavy atom. The molecule has 1 aliphatic carbocycles. The van der Waals surface area contributed by atoms with E-state index in [1.807, 2.05) is 48.5 Å². The van der Waals surface area contributed by atoms with Crippen molar-refractivity contribution in [3.63, 3.8) is 0 Å². The van der Waals surface area contributed by atoms with Crippen LogP contribution in [-0.2, 0) is 4.79 Å². The Bertz CT molecular complexity index is 1300. The van der Waals surface area contributed by atoms with Gasteiger partial charge < -0.3 is 20.1 Å². The number of anilines is 2. The number of nitrogens with one attached hydrogen (secondary N) is 2. The van der Waals surface area contributed by atoms with E-state index in [0.29, 0.717) is 40.0 Å². The van der Waals surface area contributed by atoms with Crippen LogP contribution in [0.5, 0.6) is 11.5 Å². The molecule has 0 aromatic heterocycles. The van der Waals surface area contributed by atoms with Gasteiger partial charge in [0, 0.05) is 27.7 Å². The van der Waals surface area contributed by atoms with Crippen molar-refractivity contribution in [2.45, 2.75) is 24.8 Å². The molecule has 0 fully saturated rings. The van der Waals surface area contributed by atoms with Gasteiger partial charge in [-0.05, 0) is 59.9 Å². The molecule has 3 aromatic rings. The summed E-state index contributed by atoms with van der Waals surface area (Å²) >= 11 is 12.8. The molecule has 2 N–H and O–H groups in total. The van der Waals surface area contributed by atoms with Crippen LogP contribution in [0, 0.1) is 0 Å². The molecule has 174 valence electrons. The third-order valence-corrected chi connectivity index (χ3v) is 7.02. The maximum atomic E-state index is 13.7. The average molecular weight is 495 g/mol. The third kappa shape index (κ3) is 4.10. The number of rotatable bonds is 4. The minimum atomic E-state index is -0.394. The summed E-state index contributed by atoms with van der Waals surface area (Å²) < 4.78 is 10.9. The maximum Gasteiger partial charge on any atom is 0.163 e. The predicted octanol–water partition coefficient (Wildman–Crippen LogP) is 6.99. The zero-order valence-corrected chi connectivity index (χ0v) is 20.3. The normalized spacial score (nSPS) is 19.4. The van der Waals surface area contributed by atoms with E-state index in [1.54, 1.807) is 26.4 Å². The van der Waals surface area contributed by atoms with Gasteiger partial charge in [-0.3, -0.25) is 4.79 Å². The lowest BCUT2D eigenvalue weighted by atomic mass is 9.78. The van der Waals surface area contributed by atoms with Crippen molar-refractivity contribution in [1.82, 2.24) is 0 Å². The quantitative estimate of drug-likeness (QED) is 0.409. The number of ketones is 1. The number of hydrogen-bond acceptors (Lipinski definition) is 5. The molecule has 2 atom stereocenters. The van der Waals surface area contributed by atoms with Crippen molar-refractivity contribution in [3.05, 3.63) is 93.1 Å². The first-order valence-electron chi connectivity index (χ1n) is 11.0. The van der Waals surface area contributed by atoms with Crippen LogP contribution in [0.3, 0.4) is 0 Å². The van der Waals surface area contributed by atoms with Crippen LogP contribution in [0.2, 0.25) is 10.0 Å². The van der Waals surface area contributed by atoms with Crippen molar-refractivity contribution < 1.29 is 14.3 Å². The summed E-state index contributed by atoms with van der Waals surface area (Å²) in [4.78, 5) is 13.7. The summed E-state index contributed by atoms with van der Waals surface area (Å²) in [6.45, 7) is 0. The highest BCUT2D eigenvalue weighted by atomic mass is 35.5. The number of methoxy groups -OCH3 is 2. The maximum absolute atomic E-state index is 13.7. The van der Waals surface area contributed by atoms with Crippen molar-refractivity contribution in [2.75, 3.05) is 24.9 Å². The van der Waals surface area contributed by atoms with Gasteiger partial charge in [0.25, 0.3) is 0 Å². The molecule has 0 radical (unpaired) electrons. The topological polar surface area (TPSA) is 59.6 Å². The van der Waals surface area contributed by atoms with Gasteiger partial charge >= 0.3 is 0 Å². The molecule has 5 rings (SSSR count). The molecule has 1 aliphatic heterocycles. The van der Waals surface area contributed by atoms with Crippen molar-refractivity contribution >= 4 is 40.4 Å². The van der Waals surface area contributed by atoms with E-state index >= 15 is 0 Å². The zero-order valence-electron chi connectivity index (χ0n) is 18.8. The van der Waals surface area contributed by atoms with Crippen molar-refractivity contribution in [3.8, 4) is 11.5 Å². The summed E-state index contributed by atoms with van der Waals surface area (Å²) in [6.07, 6.45) is 1.06. The number of carbonyl (C=O) groups is 1. The lowest BCUT2D eigenvalue weighted by Gasteiger charge is -2.30. The van der Waals surface area contributed by atoms with E-state index in [9.17, 15) is 4.79 Å². The highest BCUT2D eigenvalue weighted by Gasteiger charge is 2.37. The molecule has 0 saturated carbocycles. The van der Waals surface area contributed by atoms with E-state index in [2.05, 4.69) is 10.6 Å². The summed E-state index contributed by atoms with van der Waals surface area (Å²) in [6, 6.07) is 18.8. The Balaban J connectivity index is 1.60. The smallest absolute Gasteiger partial charge is 0.163 e. The highest BCUT2D eigenvalue weighted by molar-refractivity contribution is 6.35. The monoisotopic (exact) mass is 494 g/mol. The fourth-order valence-electron chi connectivity index (χ4n) is 4.80. The van der Waals surface area contributed by atoms with Crippen LogP contribution in [0.1, 0.15) is 35.9 Å². The van der Waals surface area contributed by atoms with E-state index in [4.69, 9.17) is 32.7 Å². The van der Waals surface area contributed by atoms with Crippen LogP contribution in [0.4, 0.5) is 11.4 Å². The molecule has 2 unspecified atom stereocenters. The van der Waals surface area contributed by atoms with Crippen molar-refractivity contribution in [1.29, 1.82) is 0 Å². The second-order valence-corrected chi connectivity index (χ2v) is 9.29. The van der Waals surface area contributed by atoms with E-state index in [0.717, 1.165) is 28.2 Å². The fraction of sp³-hybridized carbons (Fsp3) is 0.222. The molecule has 0 saturated heterocycles. The SMILES string of the molecule is COc1ccc(C2CC(=O)C3=C(C2)Nc2ccccc2NC3c2ccc(Cl)cc2Cl)cc1OC. The Morgan fingerprint density at radius 1 is 0.882 bits per heavy atom. The minimum Gasteiger partial charge on any atom is -0.493 e. The zero-order chi connectivity index (χ0) is 23.8. The highest BCUT2D eigenvalue weighted by Crippen LogP contribution is 2.46. The van der Waals surface area contributed by atoms with Crippen LogP contribution >= 0.6 is 23.2 Å². The average Bonchev–Trinajstić information content (AvgIpc) is 3.00. The second kappa shape index (κ2) is 9.24. The molecule has 7 heteroatoms. The van der Waals surface area contributed by atoms with Gasteiger partial charge in [-0.25, -0.2) is 0 Å². The number of carbonyl (C=O) groups excluding carboxylic acids is 1. The van der Waals surface area contributed by atoms with E-state index in [1.165, 1.54) is 0 Å². The Labute approximate surface area is 208 Å². The molecular weight excluding hydrogens is 471 g/mol. The Kier molecular flexibility index (Phi) is 6.15. The van der Waals surface area contributed by atoms with Gasteiger partial charge in [-0.1, -0.05) is 47.5 Å². The van der Waals surface area contributed by atoms with Gasteiger partial charge in [0.15, 0.2) is 17.3 Å². The number of halogens is 2. The van der Waals surface area contributed by atoms with Crippen LogP contribution < -0.4 is 20.1 Å². The van der Waals surface area contributed by atoms with Crippen molar-refractivity contribution in [2.24, 2.45) is 0 Å². The van der Waals surface area contributed by atoms with Gasteiger partial charge in [0.05, 0.1) is 31.6 Å².